The van der Waals surface area contributed by atoms with Crippen LogP contribution in [0.25, 0.3) is 0 Å². The van der Waals surface area contributed by atoms with Crippen molar-refractivity contribution in [2.45, 2.75) is 155 Å². The van der Waals surface area contributed by atoms with Gasteiger partial charge in [-0.1, -0.05) is 65.2 Å². The lowest BCUT2D eigenvalue weighted by atomic mass is 9.44. The van der Waals surface area contributed by atoms with Gasteiger partial charge in [0.15, 0.2) is 0 Å². The van der Waals surface area contributed by atoms with Crippen LogP contribution < -0.4 is 4.74 Å². The van der Waals surface area contributed by atoms with Crippen LogP contribution in [0.4, 0.5) is 0 Å². The van der Waals surface area contributed by atoms with Crippen molar-refractivity contribution in [3.63, 3.8) is 0 Å². The van der Waals surface area contributed by atoms with Crippen LogP contribution in [-0.2, 0) is 34.7 Å². The summed E-state index contributed by atoms with van der Waals surface area (Å²) in [5, 5.41) is 0. The Bertz CT molecular complexity index is 1630. The van der Waals surface area contributed by atoms with Gasteiger partial charge in [-0.15, -0.1) is 0 Å². The summed E-state index contributed by atoms with van der Waals surface area (Å²) in [6, 6.07) is 4.23. The predicted molar refractivity (Wildman–Crippen MR) is 183 cm³/mol. The maximum Gasteiger partial charge on any atom is 0.322 e. The number of allylic oxidation sites excluding steroid dienone is 2. The summed E-state index contributed by atoms with van der Waals surface area (Å²) in [5.41, 5.74) is 2.53. The minimum atomic E-state index is -0.905. The maximum absolute atomic E-state index is 14.7. The van der Waals surface area contributed by atoms with E-state index < -0.39 is 22.5 Å². The third-order valence-electron chi connectivity index (χ3n) is 15.7. The SMILES string of the molecule is CC(=O)O[C@H]1C[C@H]2C(C)(C)CCC[C@]2(C)c2ccc3c(c21)[C@@]1(CCC=C(C)C1C[C@@H]1[C@@]24CCCC(C)(C)[C@@H]2CC[C@@]1(C)OC4=O)C(=O)O3. The van der Waals surface area contributed by atoms with E-state index in [1.807, 2.05) is 6.07 Å². The van der Waals surface area contributed by atoms with Crippen LogP contribution in [0.15, 0.2) is 23.8 Å². The number of benzene rings is 1. The van der Waals surface area contributed by atoms with Crippen LogP contribution in [0.2, 0.25) is 0 Å². The largest absolute Gasteiger partial charge is 0.459 e. The molecule has 9 atom stereocenters. The minimum Gasteiger partial charge on any atom is -0.459 e. The van der Waals surface area contributed by atoms with E-state index in [-0.39, 0.29) is 51.9 Å². The van der Waals surface area contributed by atoms with E-state index in [1.54, 1.807) is 0 Å². The van der Waals surface area contributed by atoms with Gasteiger partial charge in [0.05, 0.1) is 5.41 Å². The highest BCUT2D eigenvalue weighted by atomic mass is 16.6. The molecule has 1 saturated heterocycles. The van der Waals surface area contributed by atoms with Gasteiger partial charge in [0, 0.05) is 29.9 Å². The van der Waals surface area contributed by atoms with Crippen molar-refractivity contribution in [1.29, 1.82) is 0 Å². The number of hydrogen-bond acceptors (Lipinski definition) is 6. The molecule has 0 radical (unpaired) electrons. The number of hydrogen-bond donors (Lipinski definition) is 0. The molecule has 6 heteroatoms. The van der Waals surface area contributed by atoms with Crippen LogP contribution in [-0.4, -0.2) is 23.5 Å². The van der Waals surface area contributed by atoms with E-state index >= 15 is 0 Å². The molecule has 2 bridgehead atoms. The first-order chi connectivity index (χ1) is 22.5. The topological polar surface area (TPSA) is 78.9 Å². The molecule has 3 saturated carbocycles. The van der Waals surface area contributed by atoms with Crippen molar-refractivity contribution in [1.82, 2.24) is 0 Å². The maximum atomic E-state index is 14.7. The van der Waals surface area contributed by atoms with Gasteiger partial charge in [-0.2, -0.15) is 0 Å². The molecule has 260 valence electrons. The van der Waals surface area contributed by atoms with Crippen LogP contribution in [0.3, 0.4) is 0 Å². The number of fused-ring (bicyclic) bond motifs is 7. The highest BCUT2D eigenvalue weighted by Gasteiger charge is 2.72. The Morgan fingerprint density at radius 1 is 0.896 bits per heavy atom. The number of carbonyl (C=O) groups is 3. The van der Waals surface area contributed by atoms with Gasteiger partial charge in [0.1, 0.15) is 22.9 Å². The molecule has 6 nitrogen and oxygen atoms in total. The second-order valence-electron chi connectivity index (χ2n) is 18.9. The highest BCUT2D eigenvalue weighted by molar-refractivity contribution is 5.93. The van der Waals surface area contributed by atoms with Crippen molar-refractivity contribution in [2.75, 3.05) is 0 Å². The summed E-state index contributed by atoms with van der Waals surface area (Å²) in [5.74, 6) is 0.649. The van der Waals surface area contributed by atoms with E-state index in [0.29, 0.717) is 24.5 Å². The lowest BCUT2D eigenvalue weighted by molar-refractivity contribution is -0.157. The summed E-state index contributed by atoms with van der Waals surface area (Å²) < 4.78 is 19.1. The lowest BCUT2D eigenvalue weighted by Gasteiger charge is -2.57. The zero-order chi connectivity index (χ0) is 34.2. The van der Waals surface area contributed by atoms with Crippen LogP contribution >= 0.6 is 0 Å². The van der Waals surface area contributed by atoms with Crippen molar-refractivity contribution >= 4 is 17.9 Å². The molecule has 0 aromatic heterocycles. The monoisotopic (exact) mass is 656 g/mol. The molecule has 7 aliphatic rings. The highest BCUT2D eigenvalue weighted by Crippen LogP contribution is 2.70. The van der Waals surface area contributed by atoms with Gasteiger partial charge in [-0.3, -0.25) is 14.4 Å². The molecular formula is C42H56O6. The van der Waals surface area contributed by atoms with Gasteiger partial charge in [0.25, 0.3) is 0 Å². The van der Waals surface area contributed by atoms with Crippen LogP contribution in [0.5, 0.6) is 5.75 Å². The molecule has 48 heavy (non-hydrogen) atoms. The molecule has 0 amide bonds. The average Bonchev–Trinajstić information content (AvgIpc) is 3.32. The molecule has 1 aromatic carbocycles. The van der Waals surface area contributed by atoms with E-state index in [9.17, 15) is 14.4 Å². The van der Waals surface area contributed by atoms with E-state index in [2.05, 4.69) is 60.6 Å². The Hall–Kier alpha value is -2.63. The normalized spacial score (nSPS) is 43.2. The molecule has 4 fully saturated rings. The molecule has 1 unspecified atom stereocenters. The van der Waals surface area contributed by atoms with E-state index in [4.69, 9.17) is 14.2 Å². The van der Waals surface area contributed by atoms with Crippen molar-refractivity contribution in [3.8, 4) is 5.75 Å². The quantitative estimate of drug-likeness (QED) is 0.183. The fraction of sp³-hybridized carbons (Fsp3) is 0.738. The summed E-state index contributed by atoms with van der Waals surface area (Å²) in [4.78, 5) is 41.7. The summed E-state index contributed by atoms with van der Waals surface area (Å²) in [6.07, 6.45) is 13.0. The first kappa shape index (κ1) is 32.6. The Balaban J connectivity index is 1.31. The Morgan fingerprint density at radius 3 is 2.33 bits per heavy atom. The van der Waals surface area contributed by atoms with Crippen molar-refractivity contribution in [3.05, 3.63) is 40.5 Å². The zero-order valence-corrected chi connectivity index (χ0v) is 30.6. The average molecular weight is 657 g/mol. The van der Waals surface area contributed by atoms with Gasteiger partial charge < -0.3 is 14.2 Å². The summed E-state index contributed by atoms with van der Waals surface area (Å²) >= 11 is 0. The first-order valence-corrected chi connectivity index (χ1v) is 19.0. The smallest absolute Gasteiger partial charge is 0.322 e. The van der Waals surface area contributed by atoms with Crippen molar-refractivity contribution < 1.29 is 28.6 Å². The predicted octanol–water partition coefficient (Wildman–Crippen LogP) is 9.22. The molecule has 8 rings (SSSR count). The molecule has 2 spiro atoms. The fourth-order valence-electron chi connectivity index (χ4n) is 13.7. The molecule has 2 aliphatic heterocycles. The summed E-state index contributed by atoms with van der Waals surface area (Å²) in [6.45, 7) is 17.7. The Kier molecular flexibility index (Phi) is 6.93. The Labute approximate surface area is 287 Å². The Morgan fingerprint density at radius 2 is 1.60 bits per heavy atom. The molecule has 2 heterocycles. The third-order valence-corrected chi connectivity index (χ3v) is 15.7. The molecule has 1 aromatic rings. The number of esters is 3. The fourth-order valence-corrected chi connectivity index (χ4v) is 13.7. The van der Waals surface area contributed by atoms with Gasteiger partial charge in [-0.05, 0) is 118 Å². The van der Waals surface area contributed by atoms with Crippen LogP contribution in [0.1, 0.15) is 155 Å². The molecule has 5 aliphatic carbocycles. The van der Waals surface area contributed by atoms with E-state index in [1.165, 1.54) is 18.1 Å². The molecular weight excluding hydrogens is 600 g/mol. The van der Waals surface area contributed by atoms with Crippen molar-refractivity contribution in [2.24, 2.45) is 39.9 Å². The number of ether oxygens (including phenoxy) is 3. The second-order valence-corrected chi connectivity index (χ2v) is 18.9. The zero-order valence-electron chi connectivity index (χ0n) is 30.6. The first-order valence-electron chi connectivity index (χ1n) is 19.0. The molecule has 0 N–H and O–H groups in total. The standard InChI is InChI=1S/C42H56O6/c1-24-12-9-19-41(27(24)22-32-40(8)21-15-30-37(3,4)17-11-20-42(30,32)36(45)48-40)34-28(47-35(41)44)14-13-26-33(34)29(46-25(2)43)23-31-38(5,6)16-10-18-39(26,31)7/h12-14,27,29-32H,9-11,15-23H2,1-8H3/t27?,29-,30-,31-,32-,39+,40+,41-,42+/m0/s1. The van der Waals surface area contributed by atoms with E-state index in [0.717, 1.165) is 75.3 Å². The number of rotatable bonds is 3. The minimum absolute atomic E-state index is 0.00246. The van der Waals surface area contributed by atoms with Crippen LogP contribution in [0, 0.1) is 39.9 Å². The van der Waals surface area contributed by atoms with Gasteiger partial charge in [0.2, 0.25) is 0 Å². The number of carbonyl (C=O) groups excluding carboxylic acids is 3. The summed E-state index contributed by atoms with van der Waals surface area (Å²) in [7, 11) is 0. The van der Waals surface area contributed by atoms with Gasteiger partial charge >= 0.3 is 17.9 Å². The third kappa shape index (κ3) is 4.07. The second kappa shape index (κ2) is 10.2. The lowest BCUT2D eigenvalue weighted by Crippen LogP contribution is -2.57. The van der Waals surface area contributed by atoms with Gasteiger partial charge in [-0.25, -0.2) is 0 Å².